The molecule has 72 valence electrons. The van der Waals surface area contributed by atoms with Gasteiger partial charge in [-0.25, -0.2) is 0 Å². The van der Waals surface area contributed by atoms with Crippen LogP contribution in [0, 0.1) is 6.92 Å². The van der Waals surface area contributed by atoms with Gasteiger partial charge in [-0.15, -0.1) is 0 Å². The van der Waals surface area contributed by atoms with Gasteiger partial charge in [-0.2, -0.15) is 0 Å². The van der Waals surface area contributed by atoms with Crippen LogP contribution < -0.4 is 0 Å². The summed E-state index contributed by atoms with van der Waals surface area (Å²) < 4.78 is 0. The smallest absolute Gasteiger partial charge is 0.0375 e. The topological polar surface area (TPSA) is 12.9 Å². The summed E-state index contributed by atoms with van der Waals surface area (Å²) in [5.74, 6) is 0.728. The summed E-state index contributed by atoms with van der Waals surface area (Å²) in [7, 11) is 0. The van der Waals surface area contributed by atoms with Crippen molar-refractivity contribution in [2.75, 3.05) is 0 Å². The highest BCUT2D eigenvalue weighted by molar-refractivity contribution is 5.19. The van der Waals surface area contributed by atoms with Crippen molar-refractivity contribution in [3.63, 3.8) is 0 Å². The number of aryl methyl sites for hydroxylation is 1. The highest BCUT2D eigenvalue weighted by Gasteiger charge is 2.07. The first-order chi connectivity index (χ1) is 6.27. The second-order valence-corrected chi connectivity index (χ2v) is 3.62. The van der Waals surface area contributed by atoms with Crippen molar-refractivity contribution >= 4 is 0 Å². The maximum Gasteiger partial charge on any atom is 0.0375 e. The first-order valence-corrected chi connectivity index (χ1v) is 5.20. The zero-order valence-electron chi connectivity index (χ0n) is 8.88. The molecule has 0 fully saturated rings. The number of rotatable bonds is 4. The van der Waals surface area contributed by atoms with E-state index >= 15 is 0 Å². The molecule has 0 bridgehead atoms. The van der Waals surface area contributed by atoms with Gasteiger partial charge < -0.3 is 0 Å². The van der Waals surface area contributed by atoms with Crippen LogP contribution in [0.15, 0.2) is 18.3 Å². The van der Waals surface area contributed by atoms with Crippen LogP contribution in [0.5, 0.6) is 0 Å². The summed E-state index contributed by atoms with van der Waals surface area (Å²) in [6, 6.07) is 4.36. The number of pyridine rings is 1. The first-order valence-electron chi connectivity index (χ1n) is 5.20. The molecule has 1 heteroatoms. The molecule has 1 rings (SSSR count). The third kappa shape index (κ3) is 2.83. The predicted octanol–water partition coefficient (Wildman–Crippen LogP) is 3.68. The summed E-state index contributed by atoms with van der Waals surface area (Å²) in [5.41, 5.74) is 2.59. The summed E-state index contributed by atoms with van der Waals surface area (Å²) >= 11 is 0. The van der Waals surface area contributed by atoms with Gasteiger partial charge in [0.1, 0.15) is 0 Å². The van der Waals surface area contributed by atoms with Gasteiger partial charge in [0.25, 0.3) is 0 Å². The van der Waals surface area contributed by atoms with Crippen LogP contribution in [-0.4, -0.2) is 4.98 Å². The van der Waals surface area contributed by atoms with Gasteiger partial charge in [0, 0.05) is 11.9 Å². The van der Waals surface area contributed by atoms with E-state index in [1.165, 1.54) is 24.8 Å². The van der Waals surface area contributed by atoms with E-state index in [4.69, 9.17) is 0 Å². The lowest BCUT2D eigenvalue weighted by molar-refractivity contribution is 0.595. The minimum atomic E-state index is 0.728. The Hall–Kier alpha value is -0.850. The quantitative estimate of drug-likeness (QED) is 0.683. The Morgan fingerprint density at radius 3 is 2.69 bits per heavy atom. The van der Waals surface area contributed by atoms with Crippen LogP contribution in [0.2, 0.25) is 0 Å². The Labute approximate surface area is 81.2 Å². The van der Waals surface area contributed by atoms with E-state index < -0.39 is 0 Å². The average Bonchev–Trinajstić information content (AvgIpc) is 2.14. The van der Waals surface area contributed by atoms with Crippen molar-refractivity contribution in [2.24, 2.45) is 0 Å². The molecule has 0 aliphatic heterocycles. The molecule has 0 radical (unpaired) electrons. The molecule has 0 saturated carbocycles. The molecule has 1 unspecified atom stereocenters. The Kier molecular flexibility index (Phi) is 3.94. The number of hydrogen-bond acceptors (Lipinski definition) is 1. The third-order valence-electron chi connectivity index (χ3n) is 2.52. The Balaban J connectivity index is 2.78. The first kappa shape index (κ1) is 10.2. The van der Waals surface area contributed by atoms with E-state index in [-0.39, 0.29) is 0 Å². The van der Waals surface area contributed by atoms with Gasteiger partial charge in [0.15, 0.2) is 0 Å². The number of nitrogens with zero attached hydrogens (tertiary/aromatic N) is 1. The molecule has 0 saturated heterocycles. The van der Waals surface area contributed by atoms with Gasteiger partial charge in [-0.05, 0) is 43.4 Å². The van der Waals surface area contributed by atoms with Crippen LogP contribution >= 0.6 is 0 Å². The van der Waals surface area contributed by atoms with Gasteiger partial charge in [0.2, 0.25) is 0 Å². The van der Waals surface area contributed by atoms with E-state index in [9.17, 15) is 0 Å². The van der Waals surface area contributed by atoms with Crippen LogP contribution in [-0.2, 0) is 0 Å². The molecule has 0 aliphatic rings. The van der Waals surface area contributed by atoms with Crippen molar-refractivity contribution in [1.29, 1.82) is 0 Å². The average molecular weight is 177 g/mol. The Morgan fingerprint density at radius 1 is 1.38 bits per heavy atom. The molecule has 1 heterocycles. The summed E-state index contributed by atoms with van der Waals surface area (Å²) in [5, 5.41) is 0. The van der Waals surface area contributed by atoms with Crippen LogP contribution in [0.25, 0.3) is 0 Å². The van der Waals surface area contributed by atoms with Gasteiger partial charge in [-0.3, -0.25) is 4.98 Å². The fourth-order valence-corrected chi connectivity index (χ4v) is 1.78. The van der Waals surface area contributed by atoms with E-state index in [0.29, 0.717) is 0 Å². The van der Waals surface area contributed by atoms with E-state index in [1.54, 1.807) is 0 Å². The van der Waals surface area contributed by atoms with Gasteiger partial charge >= 0.3 is 0 Å². The Bertz CT molecular complexity index is 255. The fourth-order valence-electron chi connectivity index (χ4n) is 1.78. The zero-order chi connectivity index (χ0) is 9.68. The molecule has 1 aromatic heterocycles. The van der Waals surface area contributed by atoms with Crippen molar-refractivity contribution in [2.45, 2.75) is 46.0 Å². The molecule has 0 N–H and O–H groups in total. The molecule has 0 aliphatic carbocycles. The number of hydrogen-bond donors (Lipinski definition) is 0. The van der Waals surface area contributed by atoms with E-state index in [2.05, 4.69) is 37.9 Å². The largest absolute Gasteiger partial charge is 0.262 e. The van der Waals surface area contributed by atoms with E-state index in [1.807, 2.05) is 6.20 Å². The number of aromatic nitrogens is 1. The fraction of sp³-hybridized carbons (Fsp3) is 0.583. The van der Waals surface area contributed by atoms with E-state index in [0.717, 1.165) is 11.6 Å². The minimum absolute atomic E-state index is 0.728. The SMILES string of the molecule is CCCC(CC)c1ccnc(C)c1. The van der Waals surface area contributed by atoms with Crippen molar-refractivity contribution < 1.29 is 0 Å². The maximum absolute atomic E-state index is 4.22. The monoisotopic (exact) mass is 177 g/mol. The van der Waals surface area contributed by atoms with Gasteiger partial charge in [0.05, 0.1) is 0 Å². The zero-order valence-corrected chi connectivity index (χ0v) is 8.88. The van der Waals surface area contributed by atoms with Crippen LogP contribution in [0.4, 0.5) is 0 Å². The minimum Gasteiger partial charge on any atom is -0.262 e. The normalized spacial score (nSPS) is 12.8. The summed E-state index contributed by atoms with van der Waals surface area (Å²) in [6.45, 7) is 6.56. The molecule has 1 nitrogen and oxygen atoms in total. The highest BCUT2D eigenvalue weighted by Crippen LogP contribution is 2.24. The van der Waals surface area contributed by atoms with Crippen molar-refractivity contribution in [3.05, 3.63) is 29.6 Å². The lowest BCUT2D eigenvalue weighted by Crippen LogP contribution is -1.97. The molecule has 1 atom stereocenters. The van der Waals surface area contributed by atoms with Crippen LogP contribution in [0.1, 0.15) is 50.3 Å². The lowest BCUT2D eigenvalue weighted by Gasteiger charge is -2.14. The maximum atomic E-state index is 4.22. The second-order valence-electron chi connectivity index (χ2n) is 3.62. The Morgan fingerprint density at radius 2 is 2.15 bits per heavy atom. The predicted molar refractivity (Wildman–Crippen MR) is 56.9 cm³/mol. The lowest BCUT2D eigenvalue weighted by atomic mass is 9.92. The molecule has 0 aromatic carbocycles. The molecule has 1 aromatic rings. The molecule has 13 heavy (non-hydrogen) atoms. The highest BCUT2D eigenvalue weighted by atomic mass is 14.6. The second kappa shape index (κ2) is 5.00. The molecular weight excluding hydrogens is 158 g/mol. The summed E-state index contributed by atoms with van der Waals surface area (Å²) in [4.78, 5) is 4.22. The standard InChI is InChI=1S/C12H19N/c1-4-6-11(5-2)12-7-8-13-10(3)9-12/h7-9,11H,4-6H2,1-3H3. The van der Waals surface area contributed by atoms with Gasteiger partial charge in [-0.1, -0.05) is 20.3 Å². The third-order valence-corrected chi connectivity index (χ3v) is 2.52. The summed E-state index contributed by atoms with van der Waals surface area (Å²) in [6.07, 6.45) is 5.71. The molecular formula is C12H19N. The molecule has 0 spiro atoms. The van der Waals surface area contributed by atoms with Crippen molar-refractivity contribution in [1.82, 2.24) is 4.98 Å². The van der Waals surface area contributed by atoms with Crippen LogP contribution in [0.3, 0.4) is 0 Å². The van der Waals surface area contributed by atoms with Crippen molar-refractivity contribution in [3.8, 4) is 0 Å². The molecule has 0 amide bonds.